The van der Waals surface area contributed by atoms with Gasteiger partial charge in [-0.2, -0.15) is 0 Å². The van der Waals surface area contributed by atoms with E-state index >= 15 is 0 Å². The number of aromatic nitrogens is 2. The summed E-state index contributed by atoms with van der Waals surface area (Å²) in [6, 6.07) is 14.8. The molecule has 25 heavy (non-hydrogen) atoms. The number of carbonyl (C=O) groups is 1. The molecular formula is C19H19N3O3. The Hall–Kier alpha value is -2.99. The van der Waals surface area contributed by atoms with Crippen molar-refractivity contribution in [1.82, 2.24) is 15.5 Å². The maximum absolute atomic E-state index is 11.9. The van der Waals surface area contributed by atoms with E-state index < -0.39 is 0 Å². The Bertz CT molecular complexity index is 839. The first-order valence-corrected chi connectivity index (χ1v) is 8.07. The smallest absolute Gasteiger partial charge is 0.251 e. The van der Waals surface area contributed by atoms with Gasteiger partial charge in [-0.1, -0.05) is 17.7 Å². The summed E-state index contributed by atoms with van der Waals surface area (Å²) >= 11 is 0. The maximum atomic E-state index is 11.9. The number of benzene rings is 2. The van der Waals surface area contributed by atoms with Crippen LogP contribution in [0.15, 0.2) is 52.9 Å². The van der Waals surface area contributed by atoms with Crippen molar-refractivity contribution < 1.29 is 14.3 Å². The number of aliphatic hydroxyl groups is 1. The number of rotatable bonds is 6. The summed E-state index contributed by atoms with van der Waals surface area (Å²) in [5.41, 5.74) is 3.32. The zero-order valence-electron chi connectivity index (χ0n) is 13.9. The first kappa shape index (κ1) is 16.9. The van der Waals surface area contributed by atoms with Crippen molar-refractivity contribution in [2.24, 2.45) is 0 Å². The Morgan fingerprint density at radius 1 is 1.00 bits per heavy atom. The van der Waals surface area contributed by atoms with E-state index in [9.17, 15) is 4.79 Å². The van der Waals surface area contributed by atoms with Crippen LogP contribution in [0.4, 0.5) is 0 Å². The fraction of sp³-hybridized carbons (Fsp3) is 0.211. The molecule has 2 N–H and O–H groups in total. The number of amides is 1. The summed E-state index contributed by atoms with van der Waals surface area (Å²) in [4.78, 5) is 11.9. The van der Waals surface area contributed by atoms with Gasteiger partial charge in [-0.3, -0.25) is 4.79 Å². The van der Waals surface area contributed by atoms with Gasteiger partial charge in [-0.05, 0) is 49.7 Å². The van der Waals surface area contributed by atoms with Gasteiger partial charge in [-0.15, -0.1) is 10.2 Å². The van der Waals surface area contributed by atoms with Gasteiger partial charge in [0.1, 0.15) is 0 Å². The molecule has 0 saturated carbocycles. The van der Waals surface area contributed by atoms with Crippen LogP contribution >= 0.6 is 0 Å². The fourth-order valence-electron chi connectivity index (χ4n) is 2.30. The zero-order valence-corrected chi connectivity index (χ0v) is 13.9. The highest BCUT2D eigenvalue weighted by molar-refractivity contribution is 5.94. The van der Waals surface area contributed by atoms with Gasteiger partial charge in [-0.25, -0.2) is 0 Å². The number of nitrogens with one attached hydrogen (secondary N) is 1. The Labute approximate surface area is 145 Å². The molecule has 6 heteroatoms. The molecule has 0 bridgehead atoms. The SMILES string of the molecule is Cc1ccc(-c2nnc(-c3ccc(C(=O)NCCCO)cc3)o2)cc1. The topological polar surface area (TPSA) is 88.2 Å². The normalized spacial score (nSPS) is 10.6. The second kappa shape index (κ2) is 7.72. The molecule has 0 aliphatic rings. The summed E-state index contributed by atoms with van der Waals surface area (Å²) < 4.78 is 5.72. The van der Waals surface area contributed by atoms with Crippen molar-refractivity contribution in [1.29, 1.82) is 0 Å². The molecule has 6 nitrogen and oxygen atoms in total. The largest absolute Gasteiger partial charge is 0.416 e. The van der Waals surface area contributed by atoms with E-state index in [1.807, 2.05) is 31.2 Å². The first-order chi connectivity index (χ1) is 12.2. The number of hydrogen-bond acceptors (Lipinski definition) is 5. The molecule has 1 amide bonds. The lowest BCUT2D eigenvalue weighted by Crippen LogP contribution is -2.24. The number of nitrogens with zero attached hydrogens (tertiary/aromatic N) is 2. The molecule has 0 fully saturated rings. The molecule has 0 unspecified atom stereocenters. The third kappa shape index (κ3) is 4.10. The minimum absolute atomic E-state index is 0.0553. The van der Waals surface area contributed by atoms with Gasteiger partial charge in [0.05, 0.1) is 0 Å². The number of aliphatic hydroxyl groups excluding tert-OH is 1. The van der Waals surface area contributed by atoms with Gasteiger partial charge in [0.2, 0.25) is 11.8 Å². The monoisotopic (exact) mass is 337 g/mol. The minimum Gasteiger partial charge on any atom is -0.416 e. The highest BCUT2D eigenvalue weighted by Crippen LogP contribution is 2.24. The molecule has 0 spiro atoms. The van der Waals surface area contributed by atoms with E-state index in [1.165, 1.54) is 0 Å². The predicted octanol–water partition coefficient (Wildman–Crippen LogP) is 2.82. The number of aryl methyl sites for hydroxylation is 1. The van der Waals surface area contributed by atoms with Crippen molar-refractivity contribution in [3.63, 3.8) is 0 Å². The van der Waals surface area contributed by atoms with Crippen LogP contribution in [0.2, 0.25) is 0 Å². The minimum atomic E-state index is -0.175. The van der Waals surface area contributed by atoms with Crippen molar-refractivity contribution in [2.45, 2.75) is 13.3 Å². The summed E-state index contributed by atoms with van der Waals surface area (Å²) in [5.74, 6) is 0.689. The molecule has 1 aromatic heterocycles. The molecule has 128 valence electrons. The average Bonchev–Trinajstić information content (AvgIpc) is 3.13. The van der Waals surface area contributed by atoms with Crippen molar-refractivity contribution in [3.8, 4) is 22.9 Å². The standard InChI is InChI=1S/C19H19N3O3/c1-13-3-5-15(6-4-13)18-21-22-19(25-18)16-9-7-14(8-10-16)17(24)20-11-2-12-23/h3-10,23H,2,11-12H2,1H3,(H,20,24). The van der Waals surface area contributed by atoms with Crippen molar-refractivity contribution in [3.05, 3.63) is 59.7 Å². The lowest BCUT2D eigenvalue weighted by atomic mass is 10.1. The Kier molecular flexibility index (Phi) is 5.20. The van der Waals surface area contributed by atoms with Crippen LogP contribution < -0.4 is 5.32 Å². The van der Waals surface area contributed by atoms with E-state index in [4.69, 9.17) is 9.52 Å². The summed E-state index contributed by atoms with van der Waals surface area (Å²) in [7, 11) is 0. The summed E-state index contributed by atoms with van der Waals surface area (Å²) in [6.45, 7) is 2.52. The van der Waals surface area contributed by atoms with Crippen LogP contribution in [0.5, 0.6) is 0 Å². The van der Waals surface area contributed by atoms with E-state index in [0.717, 1.165) is 16.7 Å². The van der Waals surface area contributed by atoms with E-state index in [0.29, 0.717) is 30.3 Å². The highest BCUT2D eigenvalue weighted by atomic mass is 16.4. The van der Waals surface area contributed by atoms with Gasteiger partial charge in [0, 0.05) is 29.8 Å². The van der Waals surface area contributed by atoms with E-state index in [1.54, 1.807) is 24.3 Å². The molecule has 0 aliphatic carbocycles. The summed E-state index contributed by atoms with van der Waals surface area (Å²) in [5, 5.41) is 19.6. The average molecular weight is 337 g/mol. The number of carbonyl (C=O) groups excluding carboxylic acids is 1. The molecule has 0 radical (unpaired) electrons. The van der Waals surface area contributed by atoms with Gasteiger partial charge in [0.15, 0.2) is 0 Å². The van der Waals surface area contributed by atoms with Gasteiger partial charge >= 0.3 is 0 Å². The van der Waals surface area contributed by atoms with Crippen LogP contribution in [0.3, 0.4) is 0 Å². The predicted molar refractivity (Wildman–Crippen MR) is 93.9 cm³/mol. The third-order valence-electron chi connectivity index (χ3n) is 3.74. The zero-order chi connectivity index (χ0) is 17.6. The quantitative estimate of drug-likeness (QED) is 0.675. The molecule has 0 aliphatic heterocycles. The van der Waals surface area contributed by atoms with Crippen molar-refractivity contribution >= 4 is 5.91 Å². The molecule has 1 heterocycles. The number of hydrogen-bond donors (Lipinski definition) is 2. The van der Waals surface area contributed by atoms with Crippen LogP contribution in [0.1, 0.15) is 22.3 Å². The van der Waals surface area contributed by atoms with Crippen LogP contribution in [-0.4, -0.2) is 34.4 Å². The highest BCUT2D eigenvalue weighted by Gasteiger charge is 2.11. The molecule has 3 rings (SSSR count). The van der Waals surface area contributed by atoms with Gasteiger partial charge < -0.3 is 14.8 Å². The van der Waals surface area contributed by atoms with Crippen LogP contribution in [-0.2, 0) is 0 Å². The van der Waals surface area contributed by atoms with Gasteiger partial charge in [0.25, 0.3) is 5.91 Å². The Balaban J connectivity index is 1.72. The van der Waals surface area contributed by atoms with Crippen LogP contribution in [0.25, 0.3) is 22.9 Å². The molecule has 2 aromatic carbocycles. The maximum Gasteiger partial charge on any atom is 0.251 e. The third-order valence-corrected chi connectivity index (χ3v) is 3.74. The second-order valence-electron chi connectivity index (χ2n) is 5.69. The second-order valence-corrected chi connectivity index (χ2v) is 5.69. The van der Waals surface area contributed by atoms with Crippen molar-refractivity contribution in [2.75, 3.05) is 13.2 Å². The Morgan fingerprint density at radius 2 is 1.56 bits per heavy atom. The molecular weight excluding hydrogens is 318 g/mol. The lowest BCUT2D eigenvalue weighted by molar-refractivity contribution is 0.0951. The van der Waals surface area contributed by atoms with E-state index in [2.05, 4.69) is 15.5 Å². The Morgan fingerprint density at radius 3 is 2.12 bits per heavy atom. The first-order valence-electron chi connectivity index (χ1n) is 8.07. The van der Waals surface area contributed by atoms with E-state index in [-0.39, 0.29) is 12.5 Å². The fourth-order valence-corrected chi connectivity index (χ4v) is 2.30. The summed E-state index contributed by atoms with van der Waals surface area (Å²) in [6.07, 6.45) is 0.535. The molecule has 0 atom stereocenters. The molecule has 0 saturated heterocycles. The van der Waals surface area contributed by atoms with Crippen LogP contribution in [0, 0.1) is 6.92 Å². The molecule has 3 aromatic rings. The lowest BCUT2D eigenvalue weighted by Gasteiger charge is -2.04.